The molecule has 0 saturated carbocycles. The van der Waals surface area contributed by atoms with E-state index in [1.165, 1.54) is 0 Å². The molecule has 4 heteroatoms. The number of hydrogen-bond donors (Lipinski definition) is 0. The highest BCUT2D eigenvalue weighted by atomic mass is 35.5. The fraction of sp³-hybridized carbons (Fsp3) is 0.0588. The van der Waals surface area contributed by atoms with E-state index < -0.39 is 0 Å². The molecule has 0 saturated heterocycles. The predicted octanol–water partition coefficient (Wildman–Crippen LogP) is 4.38. The van der Waals surface area contributed by atoms with Crippen molar-refractivity contribution in [1.82, 2.24) is 10.2 Å². The summed E-state index contributed by atoms with van der Waals surface area (Å²) in [5.74, 6) is 0.820. The third-order valence-corrected chi connectivity index (χ3v) is 3.24. The second-order valence-electron chi connectivity index (χ2n) is 4.50. The number of benzene rings is 2. The van der Waals surface area contributed by atoms with Gasteiger partial charge in [0.2, 0.25) is 0 Å². The zero-order valence-corrected chi connectivity index (χ0v) is 12.0. The second-order valence-corrected chi connectivity index (χ2v) is 4.89. The molecule has 104 valence electrons. The van der Waals surface area contributed by atoms with Crippen LogP contribution in [0.2, 0.25) is 5.15 Å². The smallest absolute Gasteiger partial charge is 0.151 e. The Morgan fingerprint density at radius 2 is 1.57 bits per heavy atom. The van der Waals surface area contributed by atoms with Gasteiger partial charge in [-0.3, -0.25) is 0 Å². The van der Waals surface area contributed by atoms with Crippen LogP contribution in [0.4, 0.5) is 0 Å². The number of nitrogens with zero attached hydrogens (tertiary/aromatic N) is 2. The lowest BCUT2D eigenvalue weighted by Gasteiger charge is -2.11. The van der Waals surface area contributed by atoms with Gasteiger partial charge in [-0.05, 0) is 23.8 Å². The standard InChI is InChI=1S/C17H13ClN2O/c18-17-11-10-14(19-20-17)12-21-16-9-5-4-8-15(16)13-6-2-1-3-7-13/h1-11H,12H2. The van der Waals surface area contributed by atoms with Gasteiger partial charge in [-0.2, -0.15) is 5.10 Å². The Morgan fingerprint density at radius 3 is 2.33 bits per heavy atom. The molecule has 1 aromatic heterocycles. The van der Waals surface area contributed by atoms with Crippen LogP contribution in [0.3, 0.4) is 0 Å². The summed E-state index contributed by atoms with van der Waals surface area (Å²) in [5, 5.41) is 8.17. The zero-order valence-electron chi connectivity index (χ0n) is 11.2. The fourth-order valence-electron chi connectivity index (χ4n) is 2.02. The minimum Gasteiger partial charge on any atom is -0.487 e. The first-order chi connectivity index (χ1) is 10.3. The molecule has 0 bridgehead atoms. The minimum absolute atomic E-state index is 0.355. The largest absolute Gasteiger partial charge is 0.487 e. The first-order valence-electron chi connectivity index (χ1n) is 6.58. The first kappa shape index (κ1) is 13.6. The van der Waals surface area contributed by atoms with Gasteiger partial charge in [0.1, 0.15) is 18.1 Å². The molecular formula is C17H13ClN2O. The number of ether oxygens (including phenoxy) is 1. The Balaban J connectivity index is 1.81. The van der Waals surface area contributed by atoms with Crippen LogP contribution in [0.25, 0.3) is 11.1 Å². The van der Waals surface area contributed by atoms with Crippen LogP contribution in [0.1, 0.15) is 5.69 Å². The molecule has 3 nitrogen and oxygen atoms in total. The van der Waals surface area contributed by atoms with Gasteiger partial charge in [0.25, 0.3) is 0 Å². The minimum atomic E-state index is 0.355. The van der Waals surface area contributed by atoms with Crippen LogP contribution in [-0.4, -0.2) is 10.2 Å². The summed E-state index contributed by atoms with van der Waals surface area (Å²) in [4.78, 5) is 0. The van der Waals surface area contributed by atoms with E-state index in [-0.39, 0.29) is 0 Å². The fourth-order valence-corrected chi connectivity index (χ4v) is 2.12. The third-order valence-electron chi connectivity index (χ3n) is 3.03. The quantitative estimate of drug-likeness (QED) is 0.717. The Hall–Kier alpha value is -2.39. The molecule has 0 atom stereocenters. The summed E-state index contributed by atoms with van der Waals surface area (Å²) in [6.45, 7) is 0.355. The molecule has 21 heavy (non-hydrogen) atoms. The van der Waals surface area contributed by atoms with Crippen LogP contribution in [0, 0.1) is 0 Å². The van der Waals surface area contributed by atoms with Crippen LogP contribution in [-0.2, 0) is 6.61 Å². The Kier molecular flexibility index (Phi) is 4.12. The number of hydrogen-bond acceptors (Lipinski definition) is 3. The number of aromatic nitrogens is 2. The number of para-hydroxylation sites is 1. The van der Waals surface area contributed by atoms with E-state index in [0.717, 1.165) is 22.6 Å². The number of halogens is 1. The molecule has 3 aromatic rings. The van der Waals surface area contributed by atoms with Gasteiger partial charge in [0.15, 0.2) is 5.15 Å². The second kappa shape index (κ2) is 6.37. The zero-order chi connectivity index (χ0) is 14.5. The van der Waals surface area contributed by atoms with Gasteiger partial charge in [-0.25, -0.2) is 0 Å². The van der Waals surface area contributed by atoms with E-state index in [9.17, 15) is 0 Å². The van der Waals surface area contributed by atoms with Gasteiger partial charge in [-0.1, -0.05) is 60.1 Å². The summed E-state index contributed by atoms with van der Waals surface area (Å²) >= 11 is 5.72. The summed E-state index contributed by atoms with van der Waals surface area (Å²) < 4.78 is 5.87. The Morgan fingerprint density at radius 1 is 0.810 bits per heavy atom. The summed E-state index contributed by atoms with van der Waals surface area (Å²) in [6, 6.07) is 21.6. The molecule has 0 N–H and O–H groups in total. The highest BCUT2D eigenvalue weighted by molar-refractivity contribution is 6.29. The lowest BCUT2D eigenvalue weighted by atomic mass is 10.1. The molecule has 0 radical (unpaired) electrons. The van der Waals surface area contributed by atoms with E-state index in [4.69, 9.17) is 16.3 Å². The molecule has 0 fully saturated rings. The highest BCUT2D eigenvalue weighted by Gasteiger charge is 2.06. The van der Waals surface area contributed by atoms with Gasteiger partial charge in [0.05, 0.1) is 0 Å². The van der Waals surface area contributed by atoms with Crippen LogP contribution < -0.4 is 4.74 Å². The summed E-state index contributed by atoms with van der Waals surface area (Å²) in [7, 11) is 0. The predicted molar refractivity (Wildman–Crippen MR) is 83.3 cm³/mol. The third kappa shape index (κ3) is 3.38. The van der Waals surface area contributed by atoms with Gasteiger partial charge in [-0.15, -0.1) is 5.10 Å². The topological polar surface area (TPSA) is 35.0 Å². The van der Waals surface area contributed by atoms with Crippen molar-refractivity contribution < 1.29 is 4.74 Å². The van der Waals surface area contributed by atoms with Crippen LogP contribution in [0.5, 0.6) is 5.75 Å². The van der Waals surface area contributed by atoms with Crippen molar-refractivity contribution in [2.45, 2.75) is 6.61 Å². The van der Waals surface area contributed by atoms with E-state index in [1.54, 1.807) is 12.1 Å². The molecular weight excluding hydrogens is 284 g/mol. The maximum absolute atomic E-state index is 5.87. The molecule has 2 aromatic carbocycles. The summed E-state index contributed by atoms with van der Waals surface area (Å²) in [6.07, 6.45) is 0. The lowest BCUT2D eigenvalue weighted by Crippen LogP contribution is -2.00. The van der Waals surface area contributed by atoms with E-state index in [0.29, 0.717) is 11.8 Å². The molecule has 0 aliphatic heterocycles. The first-order valence-corrected chi connectivity index (χ1v) is 6.96. The SMILES string of the molecule is Clc1ccc(COc2ccccc2-c2ccccc2)nn1. The van der Waals surface area contributed by atoms with Crippen molar-refractivity contribution in [3.8, 4) is 16.9 Å². The van der Waals surface area contributed by atoms with Crippen LogP contribution >= 0.6 is 11.6 Å². The molecule has 1 heterocycles. The number of rotatable bonds is 4. The van der Waals surface area contributed by atoms with E-state index in [2.05, 4.69) is 22.3 Å². The van der Waals surface area contributed by atoms with Crippen molar-refractivity contribution in [3.05, 3.63) is 77.6 Å². The van der Waals surface area contributed by atoms with Crippen molar-refractivity contribution in [1.29, 1.82) is 0 Å². The van der Waals surface area contributed by atoms with Gasteiger partial charge < -0.3 is 4.74 Å². The maximum atomic E-state index is 5.87. The molecule has 0 unspecified atom stereocenters. The normalized spacial score (nSPS) is 10.3. The average Bonchev–Trinajstić information content (AvgIpc) is 2.55. The maximum Gasteiger partial charge on any atom is 0.151 e. The Bertz CT molecular complexity index is 714. The monoisotopic (exact) mass is 296 g/mol. The highest BCUT2D eigenvalue weighted by Crippen LogP contribution is 2.29. The molecule has 3 rings (SSSR count). The lowest BCUT2D eigenvalue weighted by molar-refractivity contribution is 0.301. The summed E-state index contributed by atoms with van der Waals surface area (Å²) in [5.41, 5.74) is 2.91. The van der Waals surface area contributed by atoms with Crippen molar-refractivity contribution in [3.63, 3.8) is 0 Å². The average molecular weight is 297 g/mol. The molecule has 0 aliphatic carbocycles. The molecule has 0 aliphatic rings. The van der Waals surface area contributed by atoms with E-state index in [1.807, 2.05) is 42.5 Å². The molecule has 0 amide bonds. The van der Waals surface area contributed by atoms with Gasteiger partial charge in [0, 0.05) is 5.56 Å². The van der Waals surface area contributed by atoms with Gasteiger partial charge >= 0.3 is 0 Å². The van der Waals surface area contributed by atoms with Crippen LogP contribution in [0.15, 0.2) is 66.7 Å². The Labute approximate surface area is 128 Å². The van der Waals surface area contributed by atoms with E-state index >= 15 is 0 Å². The van der Waals surface area contributed by atoms with Crippen molar-refractivity contribution >= 4 is 11.6 Å². The van der Waals surface area contributed by atoms with Crippen molar-refractivity contribution in [2.75, 3.05) is 0 Å². The van der Waals surface area contributed by atoms with Crippen molar-refractivity contribution in [2.24, 2.45) is 0 Å². The molecule has 0 spiro atoms.